The Morgan fingerprint density at radius 1 is 1.29 bits per heavy atom. The molecule has 0 bridgehead atoms. The fourth-order valence-electron chi connectivity index (χ4n) is 2.36. The largest absolute Gasteiger partial charge is 0.390 e. The molecule has 0 aromatic heterocycles. The highest BCUT2D eigenvalue weighted by atomic mass is 16.3. The van der Waals surface area contributed by atoms with E-state index in [4.69, 9.17) is 0 Å². The van der Waals surface area contributed by atoms with E-state index in [0.29, 0.717) is 6.04 Å². The molecule has 0 saturated carbocycles. The molecular formula is C13H29N3O. The smallest absolute Gasteiger partial charge is 0.0791 e. The first kappa shape index (κ1) is 14.9. The third-order valence-corrected chi connectivity index (χ3v) is 3.72. The predicted molar refractivity (Wildman–Crippen MR) is 72.3 cm³/mol. The van der Waals surface area contributed by atoms with Crippen molar-refractivity contribution in [1.29, 1.82) is 0 Å². The molecular weight excluding hydrogens is 214 g/mol. The van der Waals surface area contributed by atoms with Gasteiger partial charge in [0.15, 0.2) is 0 Å². The molecule has 0 radical (unpaired) electrons. The predicted octanol–water partition coefficient (Wildman–Crippen LogP) is 0.373. The quantitative estimate of drug-likeness (QED) is 0.678. The van der Waals surface area contributed by atoms with Crippen LogP contribution in [-0.2, 0) is 0 Å². The Morgan fingerprint density at radius 2 is 1.88 bits per heavy atom. The van der Waals surface area contributed by atoms with Crippen LogP contribution in [0.15, 0.2) is 0 Å². The second-order valence-electron chi connectivity index (χ2n) is 5.13. The van der Waals surface area contributed by atoms with Crippen LogP contribution in [0.1, 0.15) is 26.7 Å². The van der Waals surface area contributed by atoms with Gasteiger partial charge in [0.2, 0.25) is 0 Å². The summed E-state index contributed by atoms with van der Waals surface area (Å²) >= 11 is 0. The summed E-state index contributed by atoms with van der Waals surface area (Å²) in [5.74, 6) is 0. The third kappa shape index (κ3) is 5.82. The van der Waals surface area contributed by atoms with E-state index in [-0.39, 0.29) is 6.10 Å². The molecule has 1 atom stereocenters. The normalized spacial score (nSPS) is 21.0. The molecule has 4 nitrogen and oxygen atoms in total. The van der Waals surface area contributed by atoms with Crippen LogP contribution in [0.3, 0.4) is 0 Å². The number of likely N-dealkylation sites (N-methyl/N-ethyl adjacent to an activating group) is 1. The highest BCUT2D eigenvalue weighted by molar-refractivity contribution is 4.77. The van der Waals surface area contributed by atoms with E-state index in [2.05, 4.69) is 36.0 Å². The summed E-state index contributed by atoms with van der Waals surface area (Å²) in [5.41, 5.74) is 0. The zero-order chi connectivity index (χ0) is 12.7. The Balaban J connectivity index is 2.12. The van der Waals surface area contributed by atoms with Gasteiger partial charge in [-0.3, -0.25) is 0 Å². The lowest BCUT2D eigenvalue weighted by molar-refractivity contribution is 0.109. The first-order valence-corrected chi connectivity index (χ1v) is 6.98. The van der Waals surface area contributed by atoms with Crippen molar-refractivity contribution < 1.29 is 5.11 Å². The molecule has 1 unspecified atom stereocenters. The molecule has 0 aliphatic carbocycles. The molecule has 2 N–H and O–H groups in total. The summed E-state index contributed by atoms with van der Waals surface area (Å²) in [4.78, 5) is 4.63. The van der Waals surface area contributed by atoms with Gasteiger partial charge in [-0.25, -0.2) is 0 Å². The summed E-state index contributed by atoms with van der Waals surface area (Å²) in [6.07, 6.45) is 2.16. The number of rotatable bonds is 7. The van der Waals surface area contributed by atoms with Crippen molar-refractivity contribution in [3.05, 3.63) is 0 Å². The molecule has 1 heterocycles. The van der Waals surface area contributed by atoms with Gasteiger partial charge in [0, 0.05) is 19.1 Å². The maximum absolute atomic E-state index is 9.95. The number of aliphatic hydroxyl groups is 1. The van der Waals surface area contributed by atoms with Crippen LogP contribution in [0, 0.1) is 0 Å². The topological polar surface area (TPSA) is 38.7 Å². The third-order valence-electron chi connectivity index (χ3n) is 3.72. The molecule has 102 valence electrons. The van der Waals surface area contributed by atoms with Crippen molar-refractivity contribution in [2.75, 3.05) is 46.3 Å². The molecule has 1 aliphatic rings. The van der Waals surface area contributed by atoms with Gasteiger partial charge >= 0.3 is 0 Å². The highest BCUT2D eigenvalue weighted by Crippen LogP contribution is 2.07. The lowest BCUT2D eigenvalue weighted by Crippen LogP contribution is -2.45. The van der Waals surface area contributed by atoms with E-state index in [9.17, 15) is 5.11 Å². The second-order valence-corrected chi connectivity index (χ2v) is 5.13. The molecule has 1 saturated heterocycles. The van der Waals surface area contributed by atoms with Crippen LogP contribution in [0.4, 0.5) is 0 Å². The van der Waals surface area contributed by atoms with E-state index in [0.717, 1.165) is 26.2 Å². The Bertz CT molecular complexity index is 189. The van der Waals surface area contributed by atoms with E-state index in [1.165, 1.54) is 25.9 Å². The summed E-state index contributed by atoms with van der Waals surface area (Å²) in [6, 6.07) is 0.595. The summed E-state index contributed by atoms with van der Waals surface area (Å²) in [6.45, 7) is 10.2. The number of likely N-dealkylation sites (tertiary alicyclic amines) is 1. The number of hydrogen-bond acceptors (Lipinski definition) is 4. The average molecular weight is 243 g/mol. The standard InChI is InChI=1S/C13H29N3O/c1-4-16(5-2)11-13(17)10-14-12-6-8-15(3)9-7-12/h12-14,17H,4-11H2,1-3H3. The maximum atomic E-state index is 9.95. The monoisotopic (exact) mass is 243 g/mol. The lowest BCUT2D eigenvalue weighted by atomic mass is 10.1. The molecule has 1 rings (SSSR count). The zero-order valence-corrected chi connectivity index (χ0v) is 11.7. The van der Waals surface area contributed by atoms with Gasteiger partial charge in [-0.1, -0.05) is 13.8 Å². The van der Waals surface area contributed by atoms with Crippen molar-refractivity contribution in [3.8, 4) is 0 Å². The van der Waals surface area contributed by atoms with Gasteiger partial charge in [-0.05, 0) is 46.1 Å². The SMILES string of the molecule is CCN(CC)CC(O)CNC1CCN(C)CC1. The van der Waals surface area contributed by atoms with Crippen LogP contribution < -0.4 is 5.32 Å². The van der Waals surface area contributed by atoms with Crippen LogP contribution in [0.5, 0.6) is 0 Å². The maximum Gasteiger partial charge on any atom is 0.0791 e. The Kier molecular flexibility index (Phi) is 7.04. The summed E-state index contributed by atoms with van der Waals surface area (Å²) in [5, 5.41) is 13.4. The van der Waals surface area contributed by atoms with E-state index in [1.54, 1.807) is 0 Å². The number of nitrogens with one attached hydrogen (secondary N) is 1. The molecule has 0 aromatic carbocycles. The van der Waals surface area contributed by atoms with Gasteiger partial charge in [-0.2, -0.15) is 0 Å². The van der Waals surface area contributed by atoms with E-state index in [1.807, 2.05) is 0 Å². The minimum atomic E-state index is -0.241. The van der Waals surface area contributed by atoms with Crippen LogP contribution >= 0.6 is 0 Å². The van der Waals surface area contributed by atoms with Crippen molar-refractivity contribution in [1.82, 2.24) is 15.1 Å². The fourth-order valence-corrected chi connectivity index (χ4v) is 2.36. The van der Waals surface area contributed by atoms with Crippen LogP contribution in [0.25, 0.3) is 0 Å². The van der Waals surface area contributed by atoms with Crippen LogP contribution in [-0.4, -0.2) is 73.4 Å². The number of piperidine rings is 1. The molecule has 0 aromatic rings. The first-order chi connectivity index (χ1) is 8.15. The molecule has 4 heteroatoms. The van der Waals surface area contributed by atoms with E-state index < -0.39 is 0 Å². The fraction of sp³-hybridized carbons (Fsp3) is 1.00. The summed E-state index contributed by atoms with van der Waals surface area (Å²) in [7, 11) is 2.17. The van der Waals surface area contributed by atoms with Gasteiger partial charge in [0.1, 0.15) is 0 Å². The highest BCUT2D eigenvalue weighted by Gasteiger charge is 2.17. The molecule has 17 heavy (non-hydrogen) atoms. The van der Waals surface area contributed by atoms with Crippen molar-refractivity contribution in [2.45, 2.75) is 38.8 Å². The van der Waals surface area contributed by atoms with Crippen molar-refractivity contribution in [3.63, 3.8) is 0 Å². The van der Waals surface area contributed by atoms with E-state index >= 15 is 0 Å². The Labute approximate surface area is 106 Å². The zero-order valence-electron chi connectivity index (χ0n) is 11.7. The molecule has 0 spiro atoms. The number of hydrogen-bond donors (Lipinski definition) is 2. The number of nitrogens with zero attached hydrogens (tertiary/aromatic N) is 2. The molecule has 1 aliphatic heterocycles. The minimum absolute atomic E-state index is 0.241. The average Bonchev–Trinajstić information content (AvgIpc) is 2.35. The first-order valence-electron chi connectivity index (χ1n) is 6.98. The summed E-state index contributed by atoms with van der Waals surface area (Å²) < 4.78 is 0. The van der Waals surface area contributed by atoms with Gasteiger partial charge in [0.25, 0.3) is 0 Å². The van der Waals surface area contributed by atoms with Gasteiger partial charge < -0.3 is 20.2 Å². The van der Waals surface area contributed by atoms with Gasteiger partial charge in [-0.15, -0.1) is 0 Å². The van der Waals surface area contributed by atoms with Gasteiger partial charge in [0.05, 0.1) is 6.10 Å². The van der Waals surface area contributed by atoms with Crippen LogP contribution in [0.2, 0.25) is 0 Å². The second kappa shape index (κ2) is 8.03. The van der Waals surface area contributed by atoms with Crippen molar-refractivity contribution in [2.24, 2.45) is 0 Å². The minimum Gasteiger partial charge on any atom is -0.390 e. The molecule has 1 fully saturated rings. The van der Waals surface area contributed by atoms with Crippen molar-refractivity contribution >= 4 is 0 Å². The lowest BCUT2D eigenvalue weighted by Gasteiger charge is -2.30. The Morgan fingerprint density at radius 3 is 2.41 bits per heavy atom. The molecule has 0 amide bonds. The Hall–Kier alpha value is -0.160. The number of aliphatic hydroxyl groups excluding tert-OH is 1.